The van der Waals surface area contributed by atoms with Crippen LogP contribution in [0.2, 0.25) is 0 Å². The minimum absolute atomic E-state index is 0.176. The Bertz CT molecular complexity index is 822. The molecular weight excluding hydrogens is 380 g/mol. The van der Waals surface area contributed by atoms with Crippen molar-refractivity contribution in [1.82, 2.24) is 16.0 Å². The van der Waals surface area contributed by atoms with Crippen LogP contribution in [0.3, 0.4) is 0 Å². The zero-order chi connectivity index (χ0) is 20.6. The van der Waals surface area contributed by atoms with Gasteiger partial charge in [0.15, 0.2) is 0 Å². The van der Waals surface area contributed by atoms with E-state index in [4.69, 9.17) is 4.74 Å². The number of halogens is 2. The van der Waals surface area contributed by atoms with Crippen LogP contribution in [-0.4, -0.2) is 37.7 Å². The first-order valence-corrected chi connectivity index (χ1v) is 9.48. The van der Waals surface area contributed by atoms with Crippen LogP contribution >= 0.6 is 0 Å². The second kappa shape index (κ2) is 9.97. The van der Waals surface area contributed by atoms with Crippen molar-refractivity contribution in [2.24, 2.45) is 0 Å². The first-order valence-electron chi connectivity index (χ1n) is 9.48. The zero-order valence-electron chi connectivity index (χ0n) is 15.8. The third kappa shape index (κ3) is 5.99. The molecule has 3 rings (SSSR count). The lowest BCUT2D eigenvalue weighted by molar-refractivity contribution is 0.0807. The van der Waals surface area contributed by atoms with Gasteiger partial charge in [0.2, 0.25) is 0 Å². The van der Waals surface area contributed by atoms with Crippen molar-refractivity contribution in [2.75, 3.05) is 19.7 Å². The number of benzene rings is 2. The molecule has 0 aromatic heterocycles. The van der Waals surface area contributed by atoms with E-state index in [0.29, 0.717) is 12.2 Å². The topological polar surface area (TPSA) is 79.5 Å². The van der Waals surface area contributed by atoms with E-state index in [2.05, 4.69) is 16.0 Å². The molecule has 1 aliphatic rings. The van der Waals surface area contributed by atoms with Gasteiger partial charge in [-0.1, -0.05) is 12.1 Å². The molecule has 0 aliphatic carbocycles. The van der Waals surface area contributed by atoms with E-state index in [1.165, 1.54) is 36.4 Å². The zero-order valence-corrected chi connectivity index (χ0v) is 15.8. The molecule has 8 heteroatoms. The molecule has 1 saturated heterocycles. The summed E-state index contributed by atoms with van der Waals surface area (Å²) in [6.45, 7) is 1.05. The van der Waals surface area contributed by atoms with E-state index < -0.39 is 17.9 Å². The van der Waals surface area contributed by atoms with Crippen LogP contribution in [-0.2, 0) is 4.74 Å². The van der Waals surface area contributed by atoms with Crippen LogP contribution in [0.1, 0.15) is 34.8 Å². The molecule has 0 radical (unpaired) electrons. The van der Waals surface area contributed by atoms with Gasteiger partial charge < -0.3 is 20.7 Å². The Hall–Kier alpha value is -3.00. The van der Waals surface area contributed by atoms with Gasteiger partial charge in [0.25, 0.3) is 5.91 Å². The monoisotopic (exact) mass is 403 g/mol. The average Bonchev–Trinajstić information content (AvgIpc) is 3.25. The summed E-state index contributed by atoms with van der Waals surface area (Å²) in [6.07, 6.45) is 1.53. The molecule has 154 valence electrons. The molecule has 0 spiro atoms. The normalized spacial score (nSPS) is 16.8. The fraction of sp³-hybridized carbons (Fsp3) is 0.333. The summed E-state index contributed by atoms with van der Waals surface area (Å²) >= 11 is 0. The molecular formula is C21H23F2N3O3. The summed E-state index contributed by atoms with van der Waals surface area (Å²) in [5.41, 5.74) is 1.10. The van der Waals surface area contributed by atoms with Gasteiger partial charge in [0, 0.05) is 25.3 Å². The Labute approximate surface area is 167 Å². The Morgan fingerprint density at radius 3 is 2.21 bits per heavy atom. The van der Waals surface area contributed by atoms with Gasteiger partial charge >= 0.3 is 6.03 Å². The molecule has 29 heavy (non-hydrogen) atoms. The van der Waals surface area contributed by atoms with E-state index in [9.17, 15) is 18.4 Å². The number of ether oxygens (including phenoxy) is 1. The number of hydrogen-bond donors (Lipinski definition) is 3. The van der Waals surface area contributed by atoms with E-state index in [0.717, 1.165) is 18.4 Å². The van der Waals surface area contributed by atoms with Crippen LogP contribution in [0.25, 0.3) is 0 Å². The molecule has 0 saturated carbocycles. The summed E-state index contributed by atoms with van der Waals surface area (Å²) in [5.74, 6) is -1.11. The average molecular weight is 403 g/mol. The summed E-state index contributed by atoms with van der Waals surface area (Å²) in [6, 6.07) is 10.3. The molecule has 2 aromatic rings. The molecule has 3 amide bonds. The van der Waals surface area contributed by atoms with Gasteiger partial charge in [-0.2, -0.15) is 0 Å². The second-order valence-corrected chi connectivity index (χ2v) is 6.74. The molecule has 0 bridgehead atoms. The van der Waals surface area contributed by atoms with E-state index >= 15 is 0 Å². The molecule has 1 heterocycles. The summed E-state index contributed by atoms with van der Waals surface area (Å²) in [5, 5.41) is 8.20. The summed E-state index contributed by atoms with van der Waals surface area (Å²) in [7, 11) is 0. The molecule has 6 nitrogen and oxygen atoms in total. The van der Waals surface area contributed by atoms with E-state index in [-0.39, 0.29) is 30.9 Å². The quantitative estimate of drug-likeness (QED) is 0.622. The molecule has 1 aliphatic heterocycles. The van der Waals surface area contributed by atoms with Crippen molar-refractivity contribution in [3.8, 4) is 0 Å². The number of urea groups is 1. The second-order valence-electron chi connectivity index (χ2n) is 6.74. The van der Waals surface area contributed by atoms with Crippen LogP contribution in [0, 0.1) is 11.6 Å². The number of hydrogen-bond acceptors (Lipinski definition) is 3. The Morgan fingerprint density at radius 1 is 0.966 bits per heavy atom. The van der Waals surface area contributed by atoms with Crippen LogP contribution in [0.15, 0.2) is 48.5 Å². The van der Waals surface area contributed by atoms with Crippen molar-refractivity contribution < 1.29 is 23.1 Å². The fourth-order valence-electron chi connectivity index (χ4n) is 3.17. The van der Waals surface area contributed by atoms with Crippen molar-refractivity contribution in [1.29, 1.82) is 0 Å². The minimum Gasteiger partial charge on any atom is -0.376 e. The maximum atomic E-state index is 13.2. The largest absolute Gasteiger partial charge is 0.376 e. The Morgan fingerprint density at radius 2 is 1.59 bits per heavy atom. The van der Waals surface area contributed by atoms with Gasteiger partial charge in [0.05, 0.1) is 12.1 Å². The Balaban J connectivity index is 1.47. The minimum atomic E-state index is -0.415. The number of rotatable bonds is 7. The number of amides is 3. The highest BCUT2D eigenvalue weighted by atomic mass is 19.1. The first kappa shape index (κ1) is 20.7. The highest BCUT2D eigenvalue weighted by Gasteiger charge is 2.28. The number of carbonyl (C=O) groups excluding carboxylic acids is 2. The van der Waals surface area contributed by atoms with Crippen molar-refractivity contribution in [3.63, 3.8) is 0 Å². The lowest BCUT2D eigenvalue weighted by Gasteiger charge is -2.25. The van der Waals surface area contributed by atoms with Crippen LogP contribution < -0.4 is 16.0 Å². The van der Waals surface area contributed by atoms with Gasteiger partial charge in [-0.3, -0.25) is 4.79 Å². The van der Waals surface area contributed by atoms with Gasteiger partial charge in [-0.05, 0) is 54.8 Å². The first-order chi connectivity index (χ1) is 14.0. The molecule has 2 aromatic carbocycles. The molecule has 2 unspecified atom stereocenters. The van der Waals surface area contributed by atoms with Gasteiger partial charge in [-0.15, -0.1) is 0 Å². The Kier molecular flexibility index (Phi) is 7.13. The van der Waals surface area contributed by atoms with E-state index in [1.807, 2.05) is 0 Å². The van der Waals surface area contributed by atoms with Crippen LogP contribution in [0.4, 0.5) is 13.6 Å². The van der Waals surface area contributed by atoms with E-state index in [1.54, 1.807) is 12.1 Å². The highest BCUT2D eigenvalue weighted by Crippen LogP contribution is 2.27. The number of carbonyl (C=O) groups is 2. The fourth-order valence-corrected chi connectivity index (χ4v) is 3.17. The maximum Gasteiger partial charge on any atom is 0.315 e. The molecule has 1 fully saturated rings. The highest BCUT2D eigenvalue weighted by molar-refractivity contribution is 5.94. The van der Waals surface area contributed by atoms with Gasteiger partial charge in [0.1, 0.15) is 11.6 Å². The smallest absolute Gasteiger partial charge is 0.315 e. The summed E-state index contributed by atoms with van der Waals surface area (Å²) in [4.78, 5) is 24.3. The third-order valence-corrected chi connectivity index (χ3v) is 4.65. The number of nitrogens with one attached hydrogen (secondary N) is 3. The van der Waals surface area contributed by atoms with Crippen molar-refractivity contribution in [2.45, 2.75) is 25.0 Å². The predicted molar refractivity (Wildman–Crippen MR) is 103 cm³/mol. The molecule has 3 N–H and O–H groups in total. The van der Waals surface area contributed by atoms with Crippen LogP contribution in [0.5, 0.6) is 0 Å². The lowest BCUT2D eigenvalue weighted by Crippen LogP contribution is -2.44. The summed E-state index contributed by atoms with van der Waals surface area (Å²) < 4.78 is 31.8. The molecule has 2 atom stereocenters. The standard InChI is InChI=1S/C21H23F2N3O3/c22-16-7-3-14(4-8-16)19(18-2-1-13-29-18)26-21(28)25-12-11-24-20(27)15-5-9-17(23)10-6-15/h3-10,18-19H,1-2,11-13H2,(H,24,27)(H2,25,26,28). The van der Waals surface area contributed by atoms with Gasteiger partial charge in [-0.25, -0.2) is 13.6 Å². The predicted octanol–water partition coefficient (Wildman–Crippen LogP) is 2.91. The lowest BCUT2D eigenvalue weighted by atomic mass is 9.99. The maximum absolute atomic E-state index is 13.2. The SMILES string of the molecule is O=C(NCCNC(=O)c1ccc(F)cc1)NC(c1ccc(F)cc1)C1CCCO1. The van der Waals surface area contributed by atoms with Crippen molar-refractivity contribution >= 4 is 11.9 Å². The third-order valence-electron chi connectivity index (χ3n) is 4.65. The van der Waals surface area contributed by atoms with Crippen molar-refractivity contribution in [3.05, 3.63) is 71.3 Å².